The predicted molar refractivity (Wildman–Crippen MR) is 56.0 cm³/mol. The minimum Gasteiger partial charge on any atom is -0.508 e. The van der Waals surface area contributed by atoms with Gasteiger partial charge < -0.3 is 15.2 Å². The van der Waals surface area contributed by atoms with Crippen molar-refractivity contribution in [2.45, 2.75) is 19.4 Å². The van der Waals surface area contributed by atoms with E-state index in [1.165, 1.54) is 19.1 Å². The van der Waals surface area contributed by atoms with E-state index < -0.39 is 12.1 Å². The van der Waals surface area contributed by atoms with Crippen molar-refractivity contribution in [1.29, 1.82) is 0 Å². The topological polar surface area (TPSA) is 75.6 Å². The van der Waals surface area contributed by atoms with Crippen LogP contribution < -0.4 is 5.32 Å². The Balaban J connectivity index is 2.25. The number of aromatic hydroxyl groups is 1. The maximum Gasteiger partial charge on any atom is 0.303 e. The van der Waals surface area contributed by atoms with Crippen LogP contribution in [0.5, 0.6) is 5.75 Å². The Morgan fingerprint density at radius 3 is 3.00 bits per heavy atom. The first-order chi connectivity index (χ1) is 7.56. The van der Waals surface area contributed by atoms with Gasteiger partial charge in [-0.05, 0) is 11.6 Å². The minimum atomic E-state index is -0.783. The second-order valence-corrected chi connectivity index (χ2v) is 3.63. The highest BCUT2D eigenvalue weighted by Crippen LogP contribution is 2.27. The number of carbonyl (C=O) groups is 2. The molecular weight excluding hydrogens is 210 g/mol. The summed E-state index contributed by atoms with van der Waals surface area (Å²) < 4.78 is 4.88. The Morgan fingerprint density at radius 2 is 2.31 bits per heavy atom. The van der Waals surface area contributed by atoms with Crippen LogP contribution in [-0.4, -0.2) is 23.1 Å². The number of rotatable bonds is 1. The second-order valence-electron chi connectivity index (χ2n) is 3.63. The summed E-state index contributed by atoms with van der Waals surface area (Å²) in [6.07, 6.45) is -0.448. The van der Waals surface area contributed by atoms with Gasteiger partial charge in [-0.15, -0.1) is 0 Å². The summed E-state index contributed by atoms with van der Waals surface area (Å²) in [4.78, 5) is 22.3. The van der Waals surface area contributed by atoms with Crippen LogP contribution in [0.3, 0.4) is 0 Å². The zero-order valence-corrected chi connectivity index (χ0v) is 8.69. The molecule has 0 radical (unpaired) electrons. The molecule has 0 bridgehead atoms. The molecule has 1 aliphatic heterocycles. The number of ether oxygens (including phenoxy) is 1. The maximum atomic E-state index is 11.5. The fourth-order valence-electron chi connectivity index (χ4n) is 1.66. The van der Waals surface area contributed by atoms with Crippen molar-refractivity contribution in [2.75, 3.05) is 5.32 Å². The summed E-state index contributed by atoms with van der Waals surface area (Å²) in [5, 5.41) is 11.8. The average molecular weight is 221 g/mol. The fraction of sp³-hybridized carbons (Fsp3) is 0.273. The van der Waals surface area contributed by atoms with Gasteiger partial charge in [-0.25, -0.2) is 0 Å². The van der Waals surface area contributed by atoms with Crippen molar-refractivity contribution in [3.05, 3.63) is 23.8 Å². The number of esters is 1. The molecule has 2 rings (SSSR count). The standard InChI is InChI=1S/C11H11NO4/c1-6(13)16-10-4-7-2-3-8(14)5-9(7)12-11(10)15/h2-3,5,10,14H,4H2,1H3,(H,12,15). The Hall–Kier alpha value is -2.04. The largest absolute Gasteiger partial charge is 0.508 e. The molecule has 1 aliphatic rings. The summed E-state index contributed by atoms with van der Waals surface area (Å²) in [6.45, 7) is 1.26. The lowest BCUT2D eigenvalue weighted by Crippen LogP contribution is -2.37. The molecule has 1 aromatic carbocycles. The molecule has 0 aliphatic carbocycles. The molecule has 16 heavy (non-hydrogen) atoms. The average Bonchev–Trinajstić information content (AvgIpc) is 2.19. The van der Waals surface area contributed by atoms with Crippen LogP contribution in [0.25, 0.3) is 0 Å². The summed E-state index contributed by atoms with van der Waals surface area (Å²) in [5.41, 5.74) is 1.40. The van der Waals surface area contributed by atoms with Gasteiger partial charge in [0, 0.05) is 25.1 Å². The predicted octanol–water partition coefficient (Wildman–Crippen LogP) is 0.818. The fourth-order valence-corrected chi connectivity index (χ4v) is 1.66. The van der Waals surface area contributed by atoms with E-state index in [2.05, 4.69) is 5.32 Å². The SMILES string of the molecule is CC(=O)OC1Cc2ccc(O)cc2NC1=O. The highest BCUT2D eigenvalue weighted by Gasteiger charge is 2.28. The molecule has 0 saturated carbocycles. The van der Waals surface area contributed by atoms with Gasteiger partial charge in [-0.1, -0.05) is 6.07 Å². The molecule has 1 atom stereocenters. The Morgan fingerprint density at radius 1 is 1.56 bits per heavy atom. The number of hydrogen-bond donors (Lipinski definition) is 2. The molecule has 0 saturated heterocycles. The van der Waals surface area contributed by atoms with Crippen LogP contribution in [-0.2, 0) is 20.7 Å². The maximum absolute atomic E-state index is 11.5. The Labute approximate surface area is 92.0 Å². The van der Waals surface area contributed by atoms with E-state index in [-0.39, 0.29) is 11.7 Å². The molecule has 2 N–H and O–H groups in total. The molecule has 0 spiro atoms. The molecule has 1 unspecified atom stereocenters. The second kappa shape index (κ2) is 3.84. The molecule has 1 amide bonds. The van der Waals surface area contributed by atoms with Crippen LogP contribution in [0.1, 0.15) is 12.5 Å². The number of amides is 1. The number of phenols is 1. The van der Waals surface area contributed by atoms with E-state index in [9.17, 15) is 14.7 Å². The van der Waals surface area contributed by atoms with Gasteiger partial charge in [0.05, 0.1) is 0 Å². The number of fused-ring (bicyclic) bond motifs is 1. The molecule has 84 valence electrons. The molecule has 5 nitrogen and oxygen atoms in total. The van der Waals surface area contributed by atoms with Crippen molar-refractivity contribution < 1.29 is 19.4 Å². The van der Waals surface area contributed by atoms with E-state index in [1.54, 1.807) is 6.07 Å². The zero-order chi connectivity index (χ0) is 11.7. The molecule has 0 aromatic heterocycles. The highest BCUT2D eigenvalue weighted by molar-refractivity contribution is 5.98. The lowest BCUT2D eigenvalue weighted by atomic mass is 10.0. The van der Waals surface area contributed by atoms with Crippen molar-refractivity contribution in [1.82, 2.24) is 0 Å². The number of carbonyl (C=O) groups excluding carboxylic acids is 2. The summed E-state index contributed by atoms with van der Waals surface area (Å²) in [6, 6.07) is 4.69. The third-order valence-electron chi connectivity index (χ3n) is 2.36. The molecular formula is C11H11NO4. The van der Waals surface area contributed by atoms with Crippen LogP contribution in [0, 0.1) is 0 Å². The molecule has 1 heterocycles. The van der Waals surface area contributed by atoms with E-state index in [4.69, 9.17) is 4.74 Å². The number of benzene rings is 1. The van der Waals surface area contributed by atoms with Gasteiger partial charge in [0.15, 0.2) is 6.10 Å². The van der Waals surface area contributed by atoms with E-state index in [0.717, 1.165) is 5.56 Å². The summed E-state index contributed by atoms with van der Waals surface area (Å²) in [7, 11) is 0. The quantitative estimate of drug-likeness (QED) is 0.688. The minimum absolute atomic E-state index is 0.0880. The molecule has 5 heteroatoms. The monoisotopic (exact) mass is 221 g/mol. The number of anilines is 1. The Bertz CT molecular complexity index is 455. The molecule has 0 fully saturated rings. The molecule has 1 aromatic rings. The van der Waals surface area contributed by atoms with Gasteiger partial charge in [0.25, 0.3) is 5.91 Å². The van der Waals surface area contributed by atoms with Crippen LogP contribution in [0.4, 0.5) is 5.69 Å². The van der Waals surface area contributed by atoms with Crippen molar-refractivity contribution >= 4 is 17.6 Å². The lowest BCUT2D eigenvalue weighted by Gasteiger charge is -2.24. The van der Waals surface area contributed by atoms with E-state index >= 15 is 0 Å². The van der Waals surface area contributed by atoms with Gasteiger partial charge in [-0.3, -0.25) is 9.59 Å². The highest BCUT2D eigenvalue weighted by atomic mass is 16.5. The van der Waals surface area contributed by atoms with Crippen molar-refractivity contribution in [3.63, 3.8) is 0 Å². The van der Waals surface area contributed by atoms with Crippen molar-refractivity contribution in [2.24, 2.45) is 0 Å². The van der Waals surface area contributed by atoms with E-state index in [1.807, 2.05) is 0 Å². The van der Waals surface area contributed by atoms with Gasteiger partial charge in [0.1, 0.15) is 5.75 Å². The van der Waals surface area contributed by atoms with Gasteiger partial charge in [-0.2, -0.15) is 0 Å². The Kier molecular flexibility index (Phi) is 2.52. The lowest BCUT2D eigenvalue weighted by molar-refractivity contribution is -0.152. The number of nitrogens with one attached hydrogen (secondary N) is 1. The third-order valence-corrected chi connectivity index (χ3v) is 2.36. The van der Waals surface area contributed by atoms with Gasteiger partial charge in [0.2, 0.25) is 0 Å². The number of phenolic OH excluding ortho intramolecular Hbond substituents is 1. The van der Waals surface area contributed by atoms with Crippen LogP contribution in [0.2, 0.25) is 0 Å². The van der Waals surface area contributed by atoms with Crippen LogP contribution >= 0.6 is 0 Å². The zero-order valence-electron chi connectivity index (χ0n) is 8.69. The normalized spacial score (nSPS) is 18.6. The van der Waals surface area contributed by atoms with Gasteiger partial charge >= 0.3 is 5.97 Å². The third kappa shape index (κ3) is 1.98. The van der Waals surface area contributed by atoms with Crippen LogP contribution in [0.15, 0.2) is 18.2 Å². The smallest absolute Gasteiger partial charge is 0.303 e. The summed E-state index contributed by atoms with van der Waals surface area (Å²) in [5.74, 6) is -0.763. The first kappa shape index (κ1) is 10.5. The first-order valence-electron chi connectivity index (χ1n) is 4.86. The summed E-state index contributed by atoms with van der Waals surface area (Å²) >= 11 is 0. The first-order valence-corrected chi connectivity index (χ1v) is 4.86. The number of hydrogen-bond acceptors (Lipinski definition) is 4. The van der Waals surface area contributed by atoms with E-state index in [0.29, 0.717) is 12.1 Å². The van der Waals surface area contributed by atoms with Crippen molar-refractivity contribution in [3.8, 4) is 5.75 Å².